The number of fused-ring (bicyclic) bond motifs is 1. The molecule has 0 saturated heterocycles. The minimum Gasteiger partial charge on any atom is -0.497 e. The fourth-order valence-corrected chi connectivity index (χ4v) is 4.61. The number of imidazole rings is 2. The molecule has 4 heterocycles. The monoisotopic (exact) mass is 582 g/mol. The van der Waals surface area contributed by atoms with Crippen molar-refractivity contribution >= 4 is 15.9 Å². The summed E-state index contributed by atoms with van der Waals surface area (Å²) in [4.78, 5) is 12.0. The van der Waals surface area contributed by atoms with Crippen LogP contribution in [-0.2, 0) is 22.9 Å². The van der Waals surface area contributed by atoms with Crippen molar-refractivity contribution in [1.29, 1.82) is 0 Å². The number of hydrogen-bond acceptors (Lipinski definition) is 7. The molecule has 210 valence electrons. The van der Waals surface area contributed by atoms with E-state index >= 15 is 0 Å². The lowest BCUT2D eigenvalue weighted by molar-refractivity contribution is -0.144. The average molecular weight is 583 g/mol. The lowest BCUT2D eigenvalue weighted by Crippen LogP contribution is -2.27. The molecule has 0 aliphatic carbocycles. The topological polar surface area (TPSA) is 112 Å². The van der Waals surface area contributed by atoms with Crippen molar-refractivity contribution in [3.8, 4) is 28.7 Å². The number of ether oxygens (including phenoxy) is 1. The second kappa shape index (κ2) is 9.67. The SMILES string of the molecule is COc1ccc(Cn2nc(C(F)(F)F)nc2-c2nc3cc(F)c(F)cn3c2-c2cn(S(=O)(=O)N(C)C)cn2)cc1. The molecule has 4 aromatic heterocycles. The fourth-order valence-electron chi connectivity index (χ4n) is 3.84. The first-order chi connectivity index (χ1) is 18.8. The Kier molecular flexibility index (Phi) is 6.57. The summed E-state index contributed by atoms with van der Waals surface area (Å²) in [5.74, 6) is -3.89. The van der Waals surface area contributed by atoms with Crippen LogP contribution in [0.4, 0.5) is 22.0 Å². The third-order valence-electron chi connectivity index (χ3n) is 5.82. The molecule has 0 bridgehead atoms. The minimum atomic E-state index is -4.93. The number of aromatic nitrogens is 7. The van der Waals surface area contributed by atoms with Gasteiger partial charge in [-0.05, 0) is 17.7 Å². The number of nitrogens with zero attached hydrogens (tertiary/aromatic N) is 8. The van der Waals surface area contributed by atoms with Gasteiger partial charge in [-0.3, -0.25) is 4.40 Å². The Labute approximate surface area is 223 Å². The quantitative estimate of drug-likeness (QED) is 0.270. The third-order valence-corrected chi connectivity index (χ3v) is 7.48. The first-order valence-electron chi connectivity index (χ1n) is 11.3. The summed E-state index contributed by atoms with van der Waals surface area (Å²) in [5, 5.41) is 3.63. The average Bonchev–Trinajstić information content (AvgIpc) is 3.62. The van der Waals surface area contributed by atoms with Gasteiger partial charge in [-0.15, -0.1) is 5.10 Å². The Balaban J connectivity index is 1.75. The smallest absolute Gasteiger partial charge is 0.453 e. The molecule has 40 heavy (non-hydrogen) atoms. The van der Waals surface area contributed by atoms with Gasteiger partial charge < -0.3 is 4.74 Å². The second-order valence-electron chi connectivity index (χ2n) is 8.65. The molecule has 0 saturated carbocycles. The maximum Gasteiger partial charge on any atom is 0.453 e. The van der Waals surface area contributed by atoms with E-state index in [1.807, 2.05) is 0 Å². The predicted molar refractivity (Wildman–Crippen MR) is 130 cm³/mol. The first kappa shape index (κ1) is 27.2. The van der Waals surface area contributed by atoms with Crippen LogP contribution in [0.1, 0.15) is 11.4 Å². The molecule has 0 aliphatic rings. The van der Waals surface area contributed by atoms with Crippen molar-refractivity contribution in [2.24, 2.45) is 0 Å². The van der Waals surface area contributed by atoms with Gasteiger partial charge >= 0.3 is 16.4 Å². The van der Waals surface area contributed by atoms with E-state index in [1.54, 1.807) is 24.3 Å². The third kappa shape index (κ3) is 4.77. The highest BCUT2D eigenvalue weighted by molar-refractivity contribution is 7.87. The van der Waals surface area contributed by atoms with E-state index in [1.165, 1.54) is 21.2 Å². The molecule has 0 aliphatic heterocycles. The van der Waals surface area contributed by atoms with Crippen molar-refractivity contribution in [3.05, 3.63) is 72.1 Å². The molecule has 11 nitrogen and oxygen atoms in total. The Bertz CT molecular complexity index is 1830. The maximum atomic E-state index is 14.3. The molecule has 0 N–H and O–H groups in total. The van der Waals surface area contributed by atoms with E-state index in [2.05, 4.69) is 20.1 Å². The van der Waals surface area contributed by atoms with E-state index < -0.39 is 39.7 Å². The van der Waals surface area contributed by atoms with Crippen LogP contribution >= 0.6 is 0 Å². The van der Waals surface area contributed by atoms with Gasteiger partial charge in [0.25, 0.3) is 5.82 Å². The Hall–Kier alpha value is -4.38. The van der Waals surface area contributed by atoms with Crippen molar-refractivity contribution in [1.82, 2.24) is 37.4 Å². The number of halogens is 5. The predicted octanol–water partition coefficient (Wildman–Crippen LogP) is 3.46. The number of pyridine rings is 1. The number of rotatable bonds is 7. The van der Waals surface area contributed by atoms with Crippen molar-refractivity contribution in [2.45, 2.75) is 12.7 Å². The Morgan fingerprint density at radius 3 is 2.35 bits per heavy atom. The first-order valence-corrected chi connectivity index (χ1v) is 12.7. The summed E-state index contributed by atoms with van der Waals surface area (Å²) in [7, 11) is -0.00124. The summed E-state index contributed by atoms with van der Waals surface area (Å²) in [6, 6.07) is 7.18. The zero-order valence-corrected chi connectivity index (χ0v) is 21.7. The normalized spacial score (nSPS) is 12.5. The molecule has 0 amide bonds. The standard InChI is InChI=1S/C23H19F5N8O3S/c1-33(2)40(37,38)34-11-17(29-12-34)20-19(30-18-8-15(24)16(25)10-35(18)20)21-31-22(23(26,27)28)32-36(21)9-13-4-6-14(39-3)7-5-13/h4-8,10-12H,9H2,1-3H3. The van der Waals surface area contributed by atoms with Gasteiger partial charge in [0.15, 0.2) is 17.5 Å². The second-order valence-corrected chi connectivity index (χ2v) is 10.7. The maximum absolute atomic E-state index is 14.3. The molecule has 0 atom stereocenters. The van der Waals surface area contributed by atoms with Crippen LogP contribution < -0.4 is 4.74 Å². The lowest BCUT2D eigenvalue weighted by atomic mass is 10.2. The van der Waals surface area contributed by atoms with Crippen LogP contribution in [0.25, 0.3) is 28.6 Å². The van der Waals surface area contributed by atoms with Gasteiger partial charge in [0, 0.05) is 26.4 Å². The summed E-state index contributed by atoms with van der Waals surface area (Å²) in [6.45, 7) is -0.193. The molecule has 17 heteroatoms. The van der Waals surface area contributed by atoms with E-state index in [9.17, 15) is 30.4 Å². The molecule has 0 unspecified atom stereocenters. The van der Waals surface area contributed by atoms with Crippen molar-refractivity contribution in [3.63, 3.8) is 0 Å². The summed E-state index contributed by atoms with van der Waals surface area (Å²) in [5.41, 5.74) is -0.190. The molecular weight excluding hydrogens is 563 g/mol. The van der Waals surface area contributed by atoms with E-state index in [-0.39, 0.29) is 29.3 Å². The minimum absolute atomic E-state index is 0.119. The Morgan fingerprint density at radius 2 is 1.73 bits per heavy atom. The van der Waals surface area contributed by atoms with E-state index in [0.29, 0.717) is 11.3 Å². The van der Waals surface area contributed by atoms with Crippen LogP contribution in [0.2, 0.25) is 0 Å². The van der Waals surface area contributed by atoms with Gasteiger partial charge in [0.2, 0.25) is 0 Å². The Morgan fingerprint density at radius 1 is 1.02 bits per heavy atom. The fraction of sp³-hybridized carbons (Fsp3) is 0.217. The molecule has 0 fully saturated rings. The summed E-state index contributed by atoms with van der Waals surface area (Å²) in [6.07, 6.45) is -2.18. The lowest BCUT2D eigenvalue weighted by Gasteiger charge is -2.10. The van der Waals surface area contributed by atoms with Gasteiger partial charge in [0.05, 0.1) is 19.9 Å². The molecular formula is C23H19F5N8O3S. The molecule has 0 spiro atoms. The van der Waals surface area contributed by atoms with Crippen LogP contribution in [-0.4, -0.2) is 67.0 Å². The largest absolute Gasteiger partial charge is 0.497 e. The number of alkyl halides is 3. The van der Waals surface area contributed by atoms with Gasteiger partial charge in [-0.1, -0.05) is 12.1 Å². The van der Waals surface area contributed by atoms with Crippen LogP contribution in [0.3, 0.4) is 0 Å². The summed E-state index contributed by atoms with van der Waals surface area (Å²) < 4.78 is 104. The number of hydrogen-bond donors (Lipinski definition) is 0. The molecule has 5 aromatic rings. The van der Waals surface area contributed by atoms with Gasteiger partial charge in [-0.2, -0.15) is 25.9 Å². The molecule has 5 rings (SSSR count). The number of benzene rings is 1. The molecule has 0 radical (unpaired) electrons. The molecule has 1 aromatic carbocycles. The van der Waals surface area contributed by atoms with Gasteiger partial charge in [0.1, 0.15) is 34.8 Å². The zero-order valence-electron chi connectivity index (χ0n) is 20.9. The van der Waals surface area contributed by atoms with Crippen LogP contribution in [0.5, 0.6) is 5.75 Å². The highest BCUT2D eigenvalue weighted by atomic mass is 32.2. The number of methoxy groups -OCH3 is 1. The highest BCUT2D eigenvalue weighted by Crippen LogP contribution is 2.35. The van der Waals surface area contributed by atoms with Crippen LogP contribution in [0, 0.1) is 11.6 Å². The van der Waals surface area contributed by atoms with Gasteiger partial charge in [-0.25, -0.2) is 32.4 Å². The van der Waals surface area contributed by atoms with Crippen LogP contribution in [0.15, 0.2) is 49.1 Å². The summed E-state index contributed by atoms with van der Waals surface area (Å²) >= 11 is 0. The van der Waals surface area contributed by atoms with Crippen molar-refractivity contribution in [2.75, 3.05) is 21.2 Å². The zero-order chi connectivity index (χ0) is 29.0. The van der Waals surface area contributed by atoms with Crippen molar-refractivity contribution < 1.29 is 35.1 Å². The highest BCUT2D eigenvalue weighted by Gasteiger charge is 2.38. The van der Waals surface area contributed by atoms with E-state index in [4.69, 9.17) is 4.74 Å². The van der Waals surface area contributed by atoms with E-state index in [0.717, 1.165) is 42.1 Å².